The molecule has 4 nitrogen and oxygen atoms in total. The van der Waals surface area contributed by atoms with Gasteiger partial charge in [0, 0.05) is 31.7 Å². The zero-order valence-corrected chi connectivity index (χ0v) is 9.58. The minimum Gasteiger partial charge on any atom is -0.338 e. The van der Waals surface area contributed by atoms with E-state index in [1.807, 2.05) is 11.8 Å². The molecule has 0 aromatic heterocycles. The zero-order valence-electron chi connectivity index (χ0n) is 9.58. The Morgan fingerprint density at radius 1 is 1.36 bits per heavy atom. The van der Waals surface area contributed by atoms with Crippen LogP contribution in [-0.2, 0) is 0 Å². The maximum Gasteiger partial charge on any atom is 0.317 e. The standard InChI is InChI=1S/C10H21N3O/c1-5-11-10(14)13-6-8(2)12(4)9(3)7-13/h8-9H,5-7H2,1-4H3,(H,11,14). The lowest BCUT2D eigenvalue weighted by atomic mass is 10.1. The van der Waals surface area contributed by atoms with Gasteiger partial charge in [0.1, 0.15) is 0 Å². The molecule has 82 valence electrons. The van der Waals surface area contributed by atoms with Crippen molar-refractivity contribution in [3.05, 3.63) is 0 Å². The van der Waals surface area contributed by atoms with E-state index in [0.717, 1.165) is 13.1 Å². The summed E-state index contributed by atoms with van der Waals surface area (Å²) in [4.78, 5) is 15.8. The number of nitrogens with zero attached hydrogens (tertiary/aromatic N) is 2. The molecule has 4 heteroatoms. The van der Waals surface area contributed by atoms with Crippen LogP contribution in [0.15, 0.2) is 0 Å². The molecule has 1 N–H and O–H groups in total. The van der Waals surface area contributed by atoms with Gasteiger partial charge in [-0.15, -0.1) is 0 Å². The summed E-state index contributed by atoms with van der Waals surface area (Å²) in [6.07, 6.45) is 0. The van der Waals surface area contributed by atoms with E-state index in [1.54, 1.807) is 0 Å². The Kier molecular flexibility index (Phi) is 3.75. The van der Waals surface area contributed by atoms with E-state index in [1.165, 1.54) is 0 Å². The third-order valence-electron chi connectivity index (χ3n) is 2.97. The second-order valence-electron chi connectivity index (χ2n) is 4.10. The lowest BCUT2D eigenvalue weighted by Crippen LogP contribution is -2.58. The zero-order chi connectivity index (χ0) is 10.7. The first kappa shape index (κ1) is 11.3. The van der Waals surface area contributed by atoms with Crippen molar-refractivity contribution in [1.82, 2.24) is 15.1 Å². The van der Waals surface area contributed by atoms with Gasteiger partial charge in [-0.05, 0) is 27.8 Å². The molecular weight excluding hydrogens is 178 g/mol. The quantitative estimate of drug-likeness (QED) is 0.676. The van der Waals surface area contributed by atoms with E-state index in [9.17, 15) is 4.79 Å². The average molecular weight is 199 g/mol. The van der Waals surface area contributed by atoms with Crippen LogP contribution >= 0.6 is 0 Å². The highest BCUT2D eigenvalue weighted by Gasteiger charge is 2.28. The molecule has 1 rings (SSSR count). The summed E-state index contributed by atoms with van der Waals surface area (Å²) in [7, 11) is 2.12. The van der Waals surface area contributed by atoms with Crippen molar-refractivity contribution in [2.75, 3.05) is 26.7 Å². The van der Waals surface area contributed by atoms with Crippen LogP contribution in [0.5, 0.6) is 0 Å². The molecule has 0 aliphatic carbocycles. The highest BCUT2D eigenvalue weighted by Crippen LogP contribution is 2.12. The number of likely N-dealkylation sites (N-methyl/N-ethyl adjacent to an activating group) is 1. The number of hydrogen-bond donors (Lipinski definition) is 1. The monoisotopic (exact) mass is 199 g/mol. The molecule has 0 aromatic carbocycles. The van der Waals surface area contributed by atoms with Gasteiger partial charge in [0.2, 0.25) is 0 Å². The minimum atomic E-state index is 0.0688. The summed E-state index contributed by atoms with van der Waals surface area (Å²) < 4.78 is 0. The molecule has 1 aliphatic rings. The van der Waals surface area contributed by atoms with Crippen molar-refractivity contribution >= 4 is 6.03 Å². The van der Waals surface area contributed by atoms with Crippen molar-refractivity contribution in [1.29, 1.82) is 0 Å². The number of carbonyl (C=O) groups is 1. The first-order chi connectivity index (χ1) is 6.56. The third kappa shape index (κ3) is 2.38. The molecule has 1 heterocycles. The van der Waals surface area contributed by atoms with Crippen molar-refractivity contribution in [3.63, 3.8) is 0 Å². The molecule has 1 saturated heterocycles. The molecular formula is C10H21N3O. The summed E-state index contributed by atoms with van der Waals surface area (Å²) >= 11 is 0. The predicted molar refractivity (Wildman–Crippen MR) is 57.3 cm³/mol. The summed E-state index contributed by atoms with van der Waals surface area (Å²) in [6.45, 7) is 8.61. The molecule has 2 amide bonds. The molecule has 0 bridgehead atoms. The highest BCUT2D eigenvalue weighted by molar-refractivity contribution is 5.74. The summed E-state index contributed by atoms with van der Waals surface area (Å²) in [5.74, 6) is 0. The molecule has 0 saturated carbocycles. The van der Waals surface area contributed by atoms with E-state index in [2.05, 4.69) is 31.1 Å². The van der Waals surface area contributed by atoms with Crippen molar-refractivity contribution in [2.45, 2.75) is 32.9 Å². The van der Waals surface area contributed by atoms with Crippen LogP contribution in [0.1, 0.15) is 20.8 Å². The molecule has 1 fully saturated rings. The van der Waals surface area contributed by atoms with E-state index >= 15 is 0 Å². The molecule has 0 aromatic rings. The molecule has 0 radical (unpaired) electrons. The van der Waals surface area contributed by atoms with Crippen LogP contribution in [0, 0.1) is 0 Å². The van der Waals surface area contributed by atoms with Crippen LogP contribution in [0.4, 0.5) is 4.79 Å². The first-order valence-electron chi connectivity index (χ1n) is 5.31. The number of nitrogens with one attached hydrogen (secondary N) is 1. The van der Waals surface area contributed by atoms with Gasteiger partial charge in [0.05, 0.1) is 0 Å². The Bertz CT molecular complexity index is 196. The summed E-state index contributed by atoms with van der Waals surface area (Å²) in [6, 6.07) is 0.960. The molecule has 2 atom stereocenters. The molecule has 1 aliphatic heterocycles. The van der Waals surface area contributed by atoms with Gasteiger partial charge in [-0.1, -0.05) is 0 Å². The lowest BCUT2D eigenvalue weighted by Gasteiger charge is -2.42. The van der Waals surface area contributed by atoms with Gasteiger partial charge in [-0.2, -0.15) is 0 Å². The Hall–Kier alpha value is -0.770. The third-order valence-corrected chi connectivity index (χ3v) is 2.97. The maximum absolute atomic E-state index is 11.6. The van der Waals surface area contributed by atoms with Crippen LogP contribution in [0.2, 0.25) is 0 Å². The van der Waals surface area contributed by atoms with Crippen molar-refractivity contribution in [2.24, 2.45) is 0 Å². The van der Waals surface area contributed by atoms with E-state index < -0.39 is 0 Å². The smallest absolute Gasteiger partial charge is 0.317 e. The van der Waals surface area contributed by atoms with E-state index in [0.29, 0.717) is 18.6 Å². The van der Waals surface area contributed by atoms with Gasteiger partial charge >= 0.3 is 6.03 Å². The number of carbonyl (C=O) groups excluding carboxylic acids is 1. The normalized spacial score (nSPS) is 29.0. The van der Waals surface area contributed by atoms with Crippen LogP contribution in [-0.4, -0.2) is 54.6 Å². The molecule has 14 heavy (non-hydrogen) atoms. The van der Waals surface area contributed by atoms with Crippen molar-refractivity contribution in [3.8, 4) is 0 Å². The Morgan fingerprint density at radius 3 is 2.29 bits per heavy atom. The van der Waals surface area contributed by atoms with Crippen LogP contribution < -0.4 is 5.32 Å². The van der Waals surface area contributed by atoms with Crippen LogP contribution in [0.3, 0.4) is 0 Å². The predicted octanol–water partition coefficient (Wildman–Crippen LogP) is 0.740. The van der Waals surface area contributed by atoms with E-state index in [4.69, 9.17) is 0 Å². The topological polar surface area (TPSA) is 35.6 Å². The number of hydrogen-bond acceptors (Lipinski definition) is 2. The van der Waals surface area contributed by atoms with Crippen molar-refractivity contribution < 1.29 is 4.79 Å². The lowest BCUT2D eigenvalue weighted by molar-refractivity contribution is 0.0772. The number of amides is 2. The first-order valence-corrected chi connectivity index (χ1v) is 5.31. The molecule has 2 unspecified atom stereocenters. The summed E-state index contributed by atoms with van der Waals surface area (Å²) in [5.41, 5.74) is 0. The molecule has 0 spiro atoms. The van der Waals surface area contributed by atoms with E-state index in [-0.39, 0.29) is 6.03 Å². The fourth-order valence-corrected chi connectivity index (χ4v) is 1.83. The number of urea groups is 1. The number of piperazine rings is 1. The Labute approximate surface area is 86.2 Å². The SMILES string of the molecule is CCNC(=O)N1CC(C)N(C)C(C)C1. The second-order valence-corrected chi connectivity index (χ2v) is 4.10. The fraction of sp³-hybridized carbons (Fsp3) is 0.900. The second kappa shape index (κ2) is 4.64. The Morgan fingerprint density at radius 2 is 1.86 bits per heavy atom. The van der Waals surface area contributed by atoms with Crippen LogP contribution in [0.25, 0.3) is 0 Å². The Balaban J connectivity index is 2.53. The van der Waals surface area contributed by atoms with Gasteiger partial charge < -0.3 is 10.2 Å². The maximum atomic E-state index is 11.6. The largest absolute Gasteiger partial charge is 0.338 e. The average Bonchev–Trinajstić information content (AvgIpc) is 2.13. The van der Waals surface area contributed by atoms with Gasteiger partial charge in [0.25, 0.3) is 0 Å². The number of rotatable bonds is 1. The summed E-state index contributed by atoms with van der Waals surface area (Å²) in [5, 5.41) is 2.84. The van der Waals surface area contributed by atoms with Gasteiger partial charge in [-0.25, -0.2) is 4.79 Å². The van der Waals surface area contributed by atoms with Gasteiger partial charge in [-0.3, -0.25) is 4.90 Å². The van der Waals surface area contributed by atoms with Gasteiger partial charge in [0.15, 0.2) is 0 Å². The highest BCUT2D eigenvalue weighted by atomic mass is 16.2. The fourth-order valence-electron chi connectivity index (χ4n) is 1.83. The minimum absolute atomic E-state index is 0.0688.